The largest absolute Gasteiger partial charge is 0.340 e. The minimum atomic E-state index is -0.140. The minimum Gasteiger partial charge on any atom is -0.340 e. The van der Waals surface area contributed by atoms with Crippen molar-refractivity contribution in [1.82, 2.24) is 25.5 Å². The molecule has 0 bridgehead atoms. The SMILES string of the molecule is CNCC1CCN(c2n[nH]c(-c3cc[nH]c(=O)c3)n2)CC1. The van der Waals surface area contributed by atoms with Gasteiger partial charge >= 0.3 is 0 Å². The highest BCUT2D eigenvalue weighted by Gasteiger charge is 2.21. The fourth-order valence-electron chi connectivity index (χ4n) is 2.74. The zero-order valence-electron chi connectivity index (χ0n) is 12.1. The van der Waals surface area contributed by atoms with Gasteiger partial charge in [0.15, 0.2) is 5.82 Å². The van der Waals surface area contributed by atoms with Crippen molar-refractivity contribution in [1.29, 1.82) is 0 Å². The smallest absolute Gasteiger partial charge is 0.248 e. The molecule has 21 heavy (non-hydrogen) atoms. The number of hydrogen-bond donors (Lipinski definition) is 3. The summed E-state index contributed by atoms with van der Waals surface area (Å²) in [4.78, 5) is 20.6. The Balaban J connectivity index is 1.70. The van der Waals surface area contributed by atoms with Gasteiger partial charge < -0.3 is 15.2 Å². The Morgan fingerprint density at radius 3 is 2.95 bits per heavy atom. The van der Waals surface area contributed by atoms with Gasteiger partial charge in [0.05, 0.1) is 0 Å². The van der Waals surface area contributed by atoms with E-state index in [0.717, 1.165) is 44.0 Å². The molecule has 1 saturated heterocycles. The number of nitrogens with zero attached hydrogens (tertiary/aromatic N) is 3. The van der Waals surface area contributed by atoms with Gasteiger partial charge in [0.2, 0.25) is 11.5 Å². The van der Waals surface area contributed by atoms with Crippen molar-refractivity contribution in [2.24, 2.45) is 5.92 Å². The molecule has 0 atom stereocenters. The van der Waals surface area contributed by atoms with Crippen molar-refractivity contribution in [3.05, 3.63) is 28.7 Å². The van der Waals surface area contributed by atoms with Crippen molar-refractivity contribution in [3.63, 3.8) is 0 Å². The molecule has 3 heterocycles. The number of hydrogen-bond acceptors (Lipinski definition) is 5. The summed E-state index contributed by atoms with van der Waals surface area (Å²) in [5.41, 5.74) is 0.612. The van der Waals surface area contributed by atoms with Crippen LogP contribution in [0.25, 0.3) is 11.4 Å². The Labute approximate surface area is 122 Å². The molecule has 7 heteroatoms. The molecule has 0 radical (unpaired) electrons. The summed E-state index contributed by atoms with van der Waals surface area (Å²) in [5.74, 6) is 2.08. The van der Waals surface area contributed by atoms with E-state index in [1.807, 2.05) is 13.1 Å². The Kier molecular flexibility index (Phi) is 4.01. The molecular formula is C14H20N6O. The number of piperidine rings is 1. The molecule has 2 aromatic heterocycles. The summed E-state index contributed by atoms with van der Waals surface area (Å²) < 4.78 is 0. The predicted octanol–water partition coefficient (Wildman–Crippen LogP) is 0.596. The molecule has 1 aliphatic heterocycles. The lowest BCUT2D eigenvalue weighted by Gasteiger charge is -2.30. The van der Waals surface area contributed by atoms with Gasteiger partial charge in [-0.05, 0) is 38.4 Å². The number of aromatic amines is 2. The Morgan fingerprint density at radius 2 is 2.24 bits per heavy atom. The van der Waals surface area contributed by atoms with E-state index in [9.17, 15) is 4.79 Å². The second kappa shape index (κ2) is 6.09. The van der Waals surface area contributed by atoms with Gasteiger partial charge in [0, 0.05) is 30.9 Å². The average molecular weight is 288 g/mol. The van der Waals surface area contributed by atoms with Crippen LogP contribution in [0, 0.1) is 5.92 Å². The summed E-state index contributed by atoms with van der Waals surface area (Å²) in [7, 11) is 2.00. The summed E-state index contributed by atoms with van der Waals surface area (Å²) in [5, 5.41) is 10.4. The first kappa shape index (κ1) is 13.8. The highest BCUT2D eigenvalue weighted by molar-refractivity contribution is 5.55. The van der Waals surface area contributed by atoms with Gasteiger partial charge in [-0.25, -0.2) is 0 Å². The van der Waals surface area contributed by atoms with Gasteiger partial charge in [-0.1, -0.05) is 0 Å². The second-order valence-electron chi connectivity index (χ2n) is 5.41. The van der Waals surface area contributed by atoms with Crippen LogP contribution in [0.15, 0.2) is 23.1 Å². The van der Waals surface area contributed by atoms with Gasteiger partial charge in [-0.15, -0.1) is 5.10 Å². The molecule has 112 valence electrons. The highest BCUT2D eigenvalue weighted by Crippen LogP contribution is 2.22. The fourth-order valence-corrected chi connectivity index (χ4v) is 2.74. The lowest BCUT2D eigenvalue weighted by Crippen LogP contribution is -2.37. The number of H-pyrrole nitrogens is 2. The van der Waals surface area contributed by atoms with Gasteiger partial charge in [0.1, 0.15) is 0 Å². The minimum absolute atomic E-state index is 0.140. The van der Waals surface area contributed by atoms with Crippen LogP contribution in [0.2, 0.25) is 0 Å². The van der Waals surface area contributed by atoms with E-state index in [-0.39, 0.29) is 5.56 Å². The molecule has 3 N–H and O–H groups in total. The first-order valence-electron chi connectivity index (χ1n) is 7.27. The first-order chi connectivity index (χ1) is 10.3. The summed E-state index contributed by atoms with van der Waals surface area (Å²) in [6.07, 6.45) is 3.91. The van der Waals surface area contributed by atoms with E-state index < -0.39 is 0 Å². The van der Waals surface area contributed by atoms with Crippen LogP contribution in [0.5, 0.6) is 0 Å². The third kappa shape index (κ3) is 3.13. The van der Waals surface area contributed by atoms with E-state index in [1.54, 1.807) is 6.20 Å². The van der Waals surface area contributed by atoms with E-state index in [0.29, 0.717) is 11.8 Å². The molecule has 2 aromatic rings. The highest BCUT2D eigenvalue weighted by atomic mass is 16.1. The zero-order chi connectivity index (χ0) is 14.7. The second-order valence-corrected chi connectivity index (χ2v) is 5.41. The lowest BCUT2D eigenvalue weighted by molar-refractivity contribution is 0.391. The maximum Gasteiger partial charge on any atom is 0.248 e. The molecule has 3 rings (SSSR count). The third-order valence-corrected chi connectivity index (χ3v) is 3.91. The first-order valence-corrected chi connectivity index (χ1v) is 7.27. The number of anilines is 1. The van der Waals surface area contributed by atoms with E-state index in [1.165, 1.54) is 6.07 Å². The normalized spacial score (nSPS) is 16.3. The quantitative estimate of drug-likeness (QED) is 0.766. The van der Waals surface area contributed by atoms with E-state index in [4.69, 9.17) is 0 Å². The maximum absolute atomic E-state index is 11.3. The number of rotatable bonds is 4. The zero-order valence-corrected chi connectivity index (χ0v) is 12.1. The molecule has 0 spiro atoms. The molecule has 0 saturated carbocycles. The molecule has 0 unspecified atom stereocenters. The van der Waals surface area contributed by atoms with Crippen LogP contribution in [0.3, 0.4) is 0 Å². The Bertz CT molecular complexity index is 641. The number of aromatic nitrogens is 4. The molecule has 1 fully saturated rings. The van der Waals surface area contributed by atoms with Crippen LogP contribution < -0.4 is 15.8 Å². The van der Waals surface area contributed by atoms with Crippen molar-refractivity contribution in [2.45, 2.75) is 12.8 Å². The summed E-state index contributed by atoms with van der Waals surface area (Å²) in [6.45, 7) is 3.01. The Morgan fingerprint density at radius 1 is 1.43 bits per heavy atom. The summed E-state index contributed by atoms with van der Waals surface area (Å²) in [6, 6.07) is 3.33. The van der Waals surface area contributed by atoms with Crippen LogP contribution in [-0.4, -0.2) is 46.8 Å². The molecule has 0 aliphatic carbocycles. The van der Waals surface area contributed by atoms with Crippen LogP contribution >= 0.6 is 0 Å². The van der Waals surface area contributed by atoms with Gasteiger partial charge in [-0.3, -0.25) is 9.89 Å². The number of pyridine rings is 1. The lowest BCUT2D eigenvalue weighted by atomic mass is 9.97. The van der Waals surface area contributed by atoms with Gasteiger partial charge in [-0.2, -0.15) is 4.98 Å². The molecule has 1 aliphatic rings. The van der Waals surface area contributed by atoms with Crippen molar-refractivity contribution < 1.29 is 0 Å². The van der Waals surface area contributed by atoms with Crippen LogP contribution in [0.1, 0.15) is 12.8 Å². The third-order valence-electron chi connectivity index (χ3n) is 3.91. The van der Waals surface area contributed by atoms with Crippen LogP contribution in [0.4, 0.5) is 5.95 Å². The van der Waals surface area contributed by atoms with Crippen molar-refractivity contribution in [2.75, 3.05) is 31.6 Å². The average Bonchev–Trinajstić information content (AvgIpc) is 2.98. The Hall–Kier alpha value is -2.15. The van der Waals surface area contributed by atoms with E-state index >= 15 is 0 Å². The molecule has 7 nitrogen and oxygen atoms in total. The topological polar surface area (TPSA) is 89.7 Å². The van der Waals surface area contributed by atoms with Crippen molar-refractivity contribution in [3.8, 4) is 11.4 Å². The maximum atomic E-state index is 11.3. The van der Waals surface area contributed by atoms with Gasteiger partial charge in [0.25, 0.3) is 0 Å². The standard InChI is InChI=1S/C14H20N6O/c1-15-9-10-3-6-20(7-4-10)14-17-13(18-19-14)11-2-5-16-12(21)8-11/h2,5,8,10,15H,3-4,6-7,9H2,1H3,(H,16,21)(H,17,18,19). The van der Waals surface area contributed by atoms with Crippen LogP contribution in [-0.2, 0) is 0 Å². The molecule has 0 amide bonds. The molecular weight excluding hydrogens is 268 g/mol. The predicted molar refractivity (Wildman–Crippen MR) is 81.3 cm³/mol. The molecule has 0 aromatic carbocycles. The van der Waals surface area contributed by atoms with E-state index in [2.05, 4.69) is 30.4 Å². The monoisotopic (exact) mass is 288 g/mol. The summed E-state index contributed by atoms with van der Waals surface area (Å²) >= 11 is 0. The van der Waals surface area contributed by atoms with Crippen molar-refractivity contribution >= 4 is 5.95 Å². The fraction of sp³-hybridized carbons (Fsp3) is 0.500. The number of nitrogens with one attached hydrogen (secondary N) is 3.